The first-order valence-electron chi connectivity index (χ1n) is 8.82. The Morgan fingerprint density at radius 1 is 0.963 bits per heavy atom. The van der Waals surface area contributed by atoms with Crippen molar-refractivity contribution in [2.24, 2.45) is 0 Å². The maximum absolute atomic E-state index is 12.7. The standard InChI is InChI=1S/C22H16ClNO3/c1-2-24-14-8-10-18-20(12-14)26-19-11-13(23)7-9-17(19)22(18)16-6-4-3-5-15(16)21(25)27-22/h3-12,24H,2H2,1H3. The van der Waals surface area contributed by atoms with E-state index in [1.54, 1.807) is 18.2 Å². The number of carbonyl (C=O) groups excluding carboxylic acids is 1. The molecule has 3 aromatic rings. The van der Waals surface area contributed by atoms with Gasteiger partial charge >= 0.3 is 5.97 Å². The lowest BCUT2D eigenvalue weighted by molar-refractivity contribution is 0.0224. The average molecular weight is 378 g/mol. The minimum Gasteiger partial charge on any atom is -0.456 e. The van der Waals surface area contributed by atoms with Crippen molar-refractivity contribution in [3.05, 3.63) is 87.9 Å². The second-order valence-electron chi connectivity index (χ2n) is 6.60. The first kappa shape index (κ1) is 16.2. The Labute approximate surface area is 161 Å². The molecule has 0 saturated carbocycles. The Morgan fingerprint density at radius 3 is 2.52 bits per heavy atom. The van der Waals surface area contributed by atoms with Gasteiger partial charge in [0.05, 0.1) is 5.56 Å². The van der Waals surface area contributed by atoms with Gasteiger partial charge in [0.15, 0.2) is 5.60 Å². The van der Waals surface area contributed by atoms with Crippen molar-refractivity contribution in [1.29, 1.82) is 0 Å². The van der Waals surface area contributed by atoms with Crippen LogP contribution < -0.4 is 10.1 Å². The molecule has 1 unspecified atom stereocenters. The number of esters is 1. The fourth-order valence-electron chi connectivity index (χ4n) is 3.96. The Hall–Kier alpha value is -2.98. The third-order valence-electron chi connectivity index (χ3n) is 5.06. The van der Waals surface area contributed by atoms with Crippen molar-refractivity contribution in [2.45, 2.75) is 12.5 Å². The zero-order chi connectivity index (χ0) is 18.6. The summed E-state index contributed by atoms with van der Waals surface area (Å²) in [5, 5.41) is 3.85. The van der Waals surface area contributed by atoms with E-state index in [2.05, 4.69) is 5.32 Å². The molecule has 2 heterocycles. The van der Waals surface area contributed by atoms with Gasteiger partial charge in [-0.15, -0.1) is 0 Å². The van der Waals surface area contributed by atoms with Crippen molar-refractivity contribution in [1.82, 2.24) is 0 Å². The topological polar surface area (TPSA) is 47.6 Å². The number of ether oxygens (including phenoxy) is 2. The number of halogens is 1. The highest BCUT2D eigenvalue weighted by molar-refractivity contribution is 6.30. The summed E-state index contributed by atoms with van der Waals surface area (Å²) >= 11 is 6.21. The zero-order valence-corrected chi connectivity index (χ0v) is 15.3. The third kappa shape index (κ3) is 2.20. The first-order valence-corrected chi connectivity index (χ1v) is 9.20. The molecule has 4 nitrogen and oxygen atoms in total. The highest BCUT2D eigenvalue weighted by atomic mass is 35.5. The largest absolute Gasteiger partial charge is 0.456 e. The SMILES string of the molecule is CCNc1ccc2c(c1)Oc1cc(Cl)ccc1C21OC(=O)c2ccccc21. The quantitative estimate of drug-likeness (QED) is 0.612. The molecule has 27 heavy (non-hydrogen) atoms. The van der Waals surface area contributed by atoms with Gasteiger partial charge in [0.25, 0.3) is 0 Å². The molecule has 3 aromatic carbocycles. The Kier molecular flexibility index (Phi) is 3.46. The molecule has 1 N–H and O–H groups in total. The Morgan fingerprint density at radius 2 is 1.70 bits per heavy atom. The number of hydrogen-bond acceptors (Lipinski definition) is 4. The molecule has 5 rings (SSSR count). The molecule has 0 radical (unpaired) electrons. The minimum absolute atomic E-state index is 0.338. The summed E-state index contributed by atoms with van der Waals surface area (Å²) < 4.78 is 12.2. The fourth-order valence-corrected chi connectivity index (χ4v) is 4.13. The lowest BCUT2D eigenvalue weighted by Gasteiger charge is -2.36. The summed E-state index contributed by atoms with van der Waals surface area (Å²) in [6, 6.07) is 18.8. The van der Waals surface area contributed by atoms with Crippen LogP contribution in [0.1, 0.15) is 34.0 Å². The average Bonchev–Trinajstić information content (AvgIpc) is 2.95. The van der Waals surface area contributed by atoms with Crippen molar-refractivity contribution in [3.63, 3.8) is 0 Å². The van der Waals surface area contributed by atoms with Crippen molar-refractivity contribution >= 4 is 23.3 Å². The van der Waals surface area contributed by atoms with Gasteiger partial charge in [0.1, 0.15) is 11.5 Å². The van der Waals surface area contributed by atoms with Crippen LogP contribution in [0.5, 0.6) is 11.5 Å². The van der Waals surface area contributed by atoms with Gasteiger partial charge in [-0.3, -0.25) is 0 Å². The molecule has 0 fully saturated rings. The molecule has 1 spiro atoms. The lowest BCUT2D eigenvalue weighted by Crippen LogP contribution is -2.33. The maximum atomic E-state index is 12.7. The number of hydrogen-bond donors (Lipinski definition) is 1. The molecule has 0 amide bonds. The van der Waals surface area contributed by atoms with Gasteiger partial charge in [0.2, 0.25) is 0 Å². The van der Waals surface area contributed by atoms with Gasteiger partial charge in [-0.1, -0.05) is 29.8 Å². The lowest BCUT2D eigenvalue weighted by atomic mass is 9.77. The van der Waals surface area contributed by atoms with Crippen LogP contribution in [0.4, 0.5) is 5.69 Å². The smallest absolute Gasteiger partial charge is 0.340 e. The van der Waals surface area contributed by atoms with Crippen LogP contribution in [-0.4, -0.2) is 12.5 Å². The van der Waals surface area contributed by atoms with Crippen LogP contribution in [0.15, 0.2) is 60.7 Å². The molecule has 0 aromatic heterocycles. The van der Waals surface area contributed by atoms with Crippen LogP contribution in [0.25, 0.3) is 0 Å². The molecule has 5 heteroatoms. The van der Waals surface area contributed by atoms with E-state index < -0.39 is 5.60 Å². The highest BCUT2D eigenvalue weighted by Crippen LogP contribution is 2.56. The first-order chi connectivity index (χ1) is 13.1. The molecule has 2 aliphatic rings. The molecule has 0 bridgehead atoms. The van der Waals surface area contributed by atoms with Gasteiger partial charge < -0.3 is 14.8 Å². The number of rotatable bonds is 2. The normalized spacial score (nSPS) is 19.0. The van der Waals surface area contributed by atoms with E-state index in [1.807, 2.05) is 49.4 Å². The van der Waals surface area contributed by atoms with E-state index in [9.17, 15) is 4.79 Å². The number of anilines is 1. The monoisotopic (exact) mass is 377 g/mol. The van der Waals surface area contributed by atoms with Gasteiger partial charge in [-0.05, 0) is 43.3 Å². The predicted molar refractivity (Wildman–Crippen MR) is 104 cm³/mol. The van der Waals surface area contributed by atoms with Gasteiger partial charge in [-0.25, -0.2) is 4.79 Å². The minimum atomic E-state index is -1.04. The summed E-state index contributed by atoms with van der Waals surface area (Å²) in [4.78, 5) is 12.7. The summed E-state index contributed by atoms with van der Waals surface area (Å²) in [6.07, 6.45) is 0. The second-order valence-corrected chi connectivity index (χ2v) is 7.04. The summed E-state index contributed by atoms with van der Waals surface area (Å²) in [7, 11) is 0. The van der Waals surface area contributed by atoms with Crippen molar-refractivity contribution in [3.8, 4) is 11.5 Å². The van der Waals surface area contributed by atoms with E-state index in [0.717, 1.165) is 28.9 Å². The number of carbonyl (C=O) groups is 1. The maximum Gasteiger partial charge on any atom is 0.340 e. The molecular formula is C22H16ClNO3. The molecular weight excluding hydrogens is 362 g/mol. The fraction of sp³-hybridized carbons (Fsp3) is 0.136. The molecule has 1 atom stereocenters. The van der Waals surface area contributed by atoms with Crippen LogP contribution in [0.3, 0.4) is 0 Å². The predicted octanol–water partition coefficient (Wildman–Crippen LogP) is 5.34. The summed E-state index contributed by atoms with van der Waals surface area (Å²) in [5.74, 6) is 0.899. The molecule has 0 aliphatic carbocycles. The number of fused-ring (bicyclic) bond motifs is 6. The van der Waals surface area contributed by atoms with E-state index >= 15 is 0 Å². The summed E-state index contributed by atoms with van der Waals surface area (Å²) in [6.45, 7) is 2.83. The molecule has 2 aliphatic heterocycles. The Bertz CT molecular complexity index is 1090. The van der Waals surface area contributed by atoms with Crippen LogP contribution in [0, 0.1) is 0 Å². The van der Waals surface area contributed by atoms with E-state index in [0.29, 0.717) is 22.1 Å². The second kappa shape index (κ2) is 5.76. The highest BCUT2D eigenvalue weighted by Gasteiger charge is 2.53. The van der Waals surface area contributed by atoms with E-state index in [4.69, 9.17) is 21.1 Å². The zero-order valence-electron chi connectivity index (χ0n) is 14.6. The third-order valence-corrected chi connectivity index (χ3v) is 5.29. The number of nitrogens with one attached hydrogen (secondary N) is 1. The van der Waals surface area contributed by atoms with E-state index in [-0.39, 0.29) is 5.97 Å². The number of benzene rings is 3. The van der Waals surface area contributed by atoms with Crippen LogP contribution in [-0.2, 0) is 10.3 Å². The molecule has 0 saturated heterocycles. The van der Waals surface area contributed by atoms with Gasteiger partial charge in [0, 0.05) is 40.0 Å². The van der Waals surface area contributed by atoms with E-state index in [1.165, 1.54) is 0 Å². The van der Waals surface area contributed by atoms with Crippen molar-refractivity contribution in [2.75, 3.05) is 11.9 Å². The molecule has 134 valence electrons. The van der Waals surface area contributed by atoms with Crippen LogP contribution in [0.2, 0.25) is 5.02 Å². The van der Waals surface area contributed by atoms with Crippen molar-refractivity contribution < 1.29 is 14.3 Å². The summed E-state index contributed by atoms with van der Waals surface area (Å²) in [5.41, 5.74) is 2.87. The van der Waals surface area contributed by atoms with Gasteiger partial charge in [-0.2, -0.15) is 0 Å². The Balaban J connectivity index is 1.84. The van der Waals surface area contributed by atoms with Crippen LogP contribution >= 0.6 is 11.6 Å².